The number of aromatic nitrogens is 2. The summed E-state index contributed by atoms with van der Waals surface area (Å²) < 4.78 is 1.77. The molecule has 0 saturated carbocycles. The molecule has 2 aliphatic rings. The first kappa shape index (κ1) is 18.4. The molecule has 1 amide bonds. The summed E-state index contributed by atoms with van der Waals surface area (Å²) in [7, 11) is 0. The van der Waals surface area contributed by atoms with Crippen LogP contribution in [-0.4, -0.2) is 21.5 Å². The van der Waals surface area contributed by atoms with Crippen molar-refractivity contribution in [1.82, 2.24) is 9.78 Å². The number of ketones is 1. The van der Waals surface area contributed by atoms with Gasteiger partial charge in [-0.2, -0.15) is 5.10 Å². The van der Waals surface area contributed by atoms with E-state index in [1.165, 1.54) is 0 Å². The van der Waals surface area contributed by atoms with E-state index in [0.29, 0.717) is 17.8 Å². The molecule has 150 valence electrons. The highest BCUT2D eigenvalue weighted by molar-refractivity contribution is 6.08. The van der Waals surface area contributed by atoms with Crippen molar-refractivity contribution in [3.8, 4) is 0 Å². The Labute approximate surface area is 174 Å². The Kier molecular flexibility index (Phi) is 4.47. The number of carbonyl (C=O) groups is 2. The van der Waals surface area contributed by atoms with Crippen LogP contribution in [-0.2, 0) is 4.79 Å². The normalized spacial score (nSPS) is 17.8. The maximum atomic E-state index is 13.0. The fourth-order valence-corrected chi connectivity index (χ4v) is 4.20. The predicted molar refractivity (Wildman–Crippen MR) is 115 cm³/mol. The molecule has 5 rings (SSSR count). The Bertz CT molecular complexity index is 1160. The summed E-state index contributed by atoms with van der Waals surface area (Å²) in [6.07, 6.45) is 3.71. The van der Waals surface area contributed by atoms with Crippen LogP contribution in [0.1, 0.15) is 46.8 Å². The SMILES string of the molecule is Cc1ccc(NC(=O)c2cnn3c2NC2=C(C(=O)CCC2)[C@H]3c2ccccc2)cc1. The fourth-order valence-electron chi connectivity index (χ4n) is 4.20. The first-order valence-corrected chi connectivity index (χ1v) is 10.2. The van der Waals surface area contributed by atoms with Gasteiger partial charge in [-0.05, 0) is 37.5 Å². The molecule has 2 aromatic carbocycles. The second-order valence-corrected chi connectivity index (χ2v) is 7.78. The average molecular weight is 398 g/mol. The van der Waals surface area contributed by atoms with Crippen LogP contribution in [0.5, 0.6) is 0 Å². The third-order valence-electron chi connectivity index (χ3n) is 5.71. The Morgan fingerprint density at radius 2 is 1.87 bits per heavy atom. The molecule has 6 heteroatoms. The van der Waals surface area contributed by atoms with Crippen LogP contribution in [0.2, 0.25) is 0 Å². The number of Topliss-reactive ketones (excluding diaryl/α,β-unsaturated/α-hetero) is 1. The van der Waals surface area contributed by atoms with Gasteiger partial charge in [-0.1, -0.05) is 48.0 Å². The highest BCUT2D eigenvalue weighted by Gasteiger charge is 2.37. The van der Waals surface area contributed by atoms with Gasteiger partial charge in [0.2, 0.25) is 0 Å². The van der Waals surface area contributed by atoms with E-state index in [2.05, 4.69) is 15.7 Å². The van der Waals surface area contributed by atoms with Gasteiger partial charge < -0.3 is 10.6 Å². The standard InChI is InChI=1S/C24H22N4O2/c1-15-10-12-17(13-11-15)26-24(30)18-14-25-28-22(16-6-3-2-4-7-16)21-19(27-23(18)28)8-5-9-20(21)29/h2-4,6-7,10-14,22,27H,5,8-9H2,1H3,(H,26,30)/t22-/m1/s1. The van der Waals surface area contributed by atoms with Crippen LogP contribution in [0.25, 0.3) is 0 Å². The van der Waals surface area contributed by atoms with Crippen molar-refractivity contribution in [2.75, 3.05) is 10.6 Å². The third-order valence-corrected chi connectivity index (χ3v) is 5.71. The monoisotopic (exact) mass is 398 g/mol. The first-order chi connectivity index (χ1) is 14.6. The predicted octanol–water partition coefficient (Wildman–Crippen LogP) is 4.47. The number of hydrogen-bond donors (Lipinski definition) is 2. The fraction of sp³-hybridized carbons (Fsp3) is 0.208. The number of hydrogen-bond acceptors (Lipinski definition) is 4. The minimum atomic E-state index is -0.328. The lowest BCUT2D eigenvalue weighted by atomic mass is 9.85. The number of benzene rings is 2. The number of nitrogens with zero attached hydrogens (tertiary/aromatic N) is 2. The molecule has 1 aliphatic carbocycles. The minimum absolute atomic E-state index is 0.143. The van der Waals surface area contributed by atoms with E-state index in [1.807, 2.05) is 61.5 Å². The van der Waals surface area contributed by atoms with Crippen molar-refractivity contribution in [2.45, 2.75) is 32.2 Å². The zero-order chi connectivity index (χ0) is 20.7. The van der Waals surface area contributed by atoms with Gasteiger partial charge in [-0.15, -0.1) is 0 Å². The average Bonchev–Trinajstić information content (AvgIpc) is 3.18. The third kappa shape index (κ3) is 3.10. The molecule has 0 radical (unpaired) electrons. The van der Waals surface area contributed by atoms with Gasteiger partial charge in [0.05, 0.1) is 6.20 Å². The zero-order valence-corrected chi connectivity index (χ0v) is 16.7. The van der Waals surface area contributed by atoms with Crippen LogP contribution in [0.3, 0.4) is 0 Å². The first-order valence-electron chi connectivity index (χ1n) is 10.2. The number of allylic oxidation sites excluding steroid dienone is 2. The summed E-state index contributed by atoms with van der Waals surface area (Å²) in [5, 5.41) is 10.8. The van der Waals surface area contributed by atoms with Crippen molar-refractivity contribution in [2.24, 2.45) is 0 Å². The van der Waals surface area contributed by atoms with Crippen molar-refractivity contribution < 1.29 is 9.59 Å². The quantitative estimate of drug-likeness (QED) is 0.683. The Hall–Kier alpha value is -3.67. The highest BCUT2D eigenvalue weighted by Crippen LogP contribution is 2.41. The zero-order valence-electron chi connectivity index (χ0n) is 16.7. The van der Waals surface area contributed by atoms with E-state index in [0.717, 1.165) is 40.9 Å². The number of nitrogens with one attached hydrogen (secondary N) is 2. The molecule has 1 aliphatic heterocycles. The van der Waals surface area contributed by atoms with E-state index in [1.54, 1.807) is 10.9 Å². The van der Waals surface area contributed by atoms with Crippen LogP contribution >= 0.6 is 0 Å². The van der Waals surface area contributed by atoms with Crippen LogP contribution in [0.15, 0.2) is 72.1 Å². The van der Waals surface area contributed by atoms with Crippen LogP contribution in [0, 0.1) is 6.92 Å². The van der Waals surface area contributed by atoms with Gasteiger partial charge in [-0.3, -0.25) is 9.59 Å². The topological polar surface area (TPSA) is 76.0 Å². The van der Waals surface area contributed by atoms with Gasteiger partial charge in [0, 0.05) is 23.4 Å². The molecule has 0 fully saturated rings. The van der Waals surface area contributed by atoms with E-state index in [9.17, 15) is 9.59 Å². The number of fused-ring (bicyclic) bond motifs is 1. The van der Waals surface area contributed by atoms with Crippen molar-refractivity contribution in [3.63, 3.8) is 0 Å². The molecule has 2 N–H and O–H groups in total. The maximum absolute atomic E-state index is 13.0. The number of amides is 1. The summed E-state index contributed by atoms with van der Waals surface area (Å²) >= 11 is 0. The summed E-state index contributed by atoms with van der Waals surface area (Å²) in [6, 6.07) is 17.2. The van der Waals surface area contributed by atoms with Crippen molar-refractivity contribution in [1.29, 1.82) is 0 Å². The summed E-state index contributed by atoms with van der Waals surface area (Å²) in [4.78, 5) is 25.8. The van der Waals surface area contributed by atoms with E-state index in [-0.39, 0.29) is 17.7 Å². The molecule has 0 bridgehead atoms. The van der Waals surface area contributed by atoms with Gasteiger partial charge >= 0.3 is 0 Å². The molecule has 0 unspecified atom stereocenters. The van der Waals surface area contributed by atoms with Gasteiger partial charge in [0.1, 0.15) is 17.4 Å². The minimum Gasteiger partial charge on any atom is -0.343 e. The number of aryl methyl sites for hydroxylation is 1. The van der Waals surface area contributed by atoms with Crippen LogP contribution in [0.4, 0.5) is 11.5 Å². The highest BCUT2D eigenvalue weighted by atomic mass is 16.1. The largest absolute Gasteiger partial charge is 0.343 e. The summed E-state index contributed by atoms with van der Waals surface area (Å²) in [5.74, 6) is 0.539. The van der Waals surface area contributed by atoms with Gasteiger partial charge in [-0.25, -0.2) is 4.68 Å². The molecule has 2 heterocycles. The molecule has 6 nitrogen and oxygen atoms in total. The number of anilines is 2. The number of rotatable bonds is 3. The Morgan fingerprint density at radius 1 is 1.10 bits per heavy atom. The smallest absolute Gasteiger partial charge is 0.261 e. The maximum Gasteiger partial charge on any atom is 0.261 e. The Balaban J connectivity index is 1.56. The summed E-state index contributed by atoms with van der Waals surface area (Å²) in [5.41, 5.74) is 4.96. The lowest BCUT2D eigenvalue weighted by molar-refractivity contribution is -0.116. The molecular weight excluding hydrogens is 376 g/mol. The van der Waals surface area contributed by atoms with E-state index in [4.69, 9.17) is 0 Å². The molecular formula is C24H22N4O2. The Morgan fingerprint density at radius 3 is 2.63 bits per heavy atom. The summed E-state index contributed by atoms with van der Waals surface area (Å²) in [6.45, 7) is 2.00. The van der Waals surface area contributed by atoms with E-state index < -0.39 is 0 Å². The van der Waals surface area contributed by atoms with Crippen molar-refractivity contribution in [3.05, 3.63) is 88.8 Å². The second-order valence-electron chi connectivity index (χ2n) is 7.78. The van der Waals surface area contributed by atoms with Gasteiger partial charge in [0.25, 0.3) is 5.91 Å². The number of carbonyl (C=O) groups excluding carboxylic acids is 2. The van der Waals surface area contributed by atoms with Crippen molar-refractivity contribution >= 4 is 23.2 Å². The molecule has 0 spiro atoms. The molecule has 1 atom stereocenters. The lowest BCUT2D eigenvalue weighted by Crippen LogP contribution is -2.32. The van der Waals surface area contributed by atoms with E-state index >= 15 is 0 Å². The molecule has 1 aromatic heterocycles. The van der Waals surface area contributed by atoms with Crippen LogP contribution < -0.4 is 10.6 Å². The lowest BCUT2D eigenvalue weighted by Gasteiger charge is -2.33. The molecule has 3 aromatic rings. The second kappa shape index (κ2) is 7.30. The van der Waals surface area contributed by atoms with Gasteiger partial charge in [0.15, 0.2) is 5.78 Å². The molecule has 0 saturated heterocycles. The molecule has 30 heavy (non-hydrogen) atoms.